The molecule has 7 heteroatoms. The van der Waals surface area contributed by atoms with Crippen molar-refractivity contribution < 1.29 is 19.1 Å². The maximum atomic E-state index is 12.0. The molecule has 0 radical (unpaired) electrons. The molecule has 1 saturated heterocycles. The van der Waals surface area contributed by atoms with Crippen LogP contribution in [0.3, 0.4) is 0 Å². The summed E-state index contributed by atoms with van der Waals surface area (Å²) < 4.78 is 5.57. The maximum Gasteiger partial charge on any atom is 0.309 e. The zero-order valence-corrected chi connectivity index (χ0v) is 17.4. The van der Waals surface area contributed by atoms with Gasteiger partial charge in [0.2, 0.25) is 5.91 Å². The summed E-state index contributed by atoms with van der Waals surface area (Å²) in [4.78, 5) is 36.4. The molecule has 1 aromatic carbocycles. The fraction of sp³-hybridized carbons (Fsp3) is 0.591. The standard InChI is InChI=1S/C22H33N3O4/c1-23-21(27)22(28)24-13-5-4-11-18-9-2-3-10-19(18)12-8-16-29-17-20(26)25-14-6-7-15-25/h2-3,9-10H,4-8,11-17H2,1H3,(H,23,27)(H,24,28). The first-order chi connectivity index (χ1) is 14.1. The number of ether oxygens (including phenoxy) is 1. The number of nitrogens with one attached hydrogen (secondary N) is 2. The second kappa shape index (κ2) is 12.9. The van der Waals surface area contributed by atoms with Crippen LogP contribution in [0, 0.1) is 0 Å². The average Bonchev–Trinajstić information content (AvgIpc) is 3.28. The van der Waals surface area contributed by atoms with Crippen LogP contribution in [0.4, 0.5) is 0 Å². The molecule has 0 atom stereocenters. The molecule has 0 aliphatic carbocycles. The third kappa shape index (κ3) is 8.23. The van der Waals surface area contributed by atoms with Crippen LogP contribution < -0.4 is 10.6 Å². The van der Waals surface area contributed by atoms with E-state index in [1.807, 2.05) is 17.0 Å². The number of amides is 3. The summed E-state index contributed by atoms with van der Waals surface area (Å²) in [5.41, 5.74) is 2.61. The molecule has 1 aliphatic heterocycles. The normalized spacial score (nSPS) is 13.3. The molecule has 0 bridgehead atoms. The number of carbonyl (C=O) groups excluding carboxylic acids is 3. The number of hydrogen-bond donors (Lipinski definition) is 2. The van der Waals surface area contributed by atoms with Gasteiger partial charge in [-0.1, -0.05) is 24.3 Å². The minimum atomic E-state index is -0.611. The number of benzene rings is 1. The third-order valence-corrected chi connectivity index (χ3v) is 5.13. The van der Waals surface area contributed by atoms with Crippen LogP contribution in [-0.4, -0.2) is 62.5 Å². The summed E-state index contributed by atoms with van der Waals surface area (Å²) in [6.07, 6.45) is 6.69. The fourth-order valence-corrected chi connectivity index (χ4v) is 3.46. The van der Waals surface area contributed by atoms with Crippen molar-refractivity contribution in [2.24, 2.45) is 0 Å². The minimum absolute atomic E-state index is 0.103. The van der Waals surface area contributed by atoms with E-state index in [1.54, 1.807) is 0 Å². The van der Waals surface area contributed by atoms with E-state index >= 15 is 0 Å². The van der Waals surface area contributed by atoms with Crippen LogP contribution in [0.25, 0.3) is 0 Å². The molecule has 1 heterocycles. The lowest BCUT2D eigenvalue weighted by Crippen LogP contribution is -2.38. The molecule has 1 aliphatic rings. The van der Waals surface area contributed by atoms with Gasteiger partial charge in [-0.25, -0.2) is 0 Å². The van der Waals surface area contributed by atoms with Crippen LogP contribution in [0.15, 0.2) is 24.3 Å². The van der Waals surface area contributed by atoms with E-state index < -0.39 is 11.8 Å². The first-order valence-electron chi connectivity index (χ1n) is 10.5. The van der Waals surface area contributed by atoms with Crippen molar-refractivity contribution in [1.82, 2.24) is 15.5 Å². The molecule has 0 aromatic heterocycles. The molecule has 0 saturated carbocycles. The predicted molar refractivity (Wildman–Crippen MR) is 111 cm³/mol. The Morgan fingerprint density at radius 3 is 2.28 bits per heavy atom. The van der Waals surface area contributed by atoms with E-state index in [1.165, 1.54) is 18.2 Å². The Morgan fingerprint density at radius 1 is 0.966 bits per heavy atom. The molecule has 1 aromatic rings. The highest BCUT2D eigenvalue weighted by atomic mass is 16.5. The SMILES string of the molecule is CNC(=O)C(=O)NCCCCc1ccccc1CCCOCC(=O)N1CCCC1. The Morgan fingerprint density at radius 2 is 1.62 bits per heavy atom. The zero-order valence-electron chi connectivity index (χ0n) is 17.4. The number of nitrogens with zero attached hydrogens (tertiary/aromatic N) is 1. The van der Waals surface area contributed by atoms with Crippen molar-refractivity contribution in [3.63, 3.8) is 0 Å². The lowest BCUT2D eigenvalue weighted by atomic mass is 9.98. The molecule has 2 rings (SSSR count). The van der Waals surface area contributed by atoms with Crippen molar-refractivity contribution in [3.05, 3.63) is 35.4 Å². The summed E-state index contributed by atoms with van der Waals surface area (Å²) in [6.45, 7) is 2.99. The Labute approximate surface area is 173 Å². The van der Waals surface area contributed by atoms with Crippen LogP contribution in [-0.2, 0) is 32.0 Å². The van der Waals surface area contributed by atoms with E-state index in [9.17, 15) is 14.4 Å². The Balaban J connectivity index is 1.61. The molecule has 0 unspecified atom stereocenters. The van der Waals surface area contributed by atoms with Gasteiger partial charge in [0.05, 0.1) is 0 Å². The van der Waals surface area contributed by atoms with Crippen LogP contribution in [0.1, 0.15) is 43.2 Å². The zero-order chi connectivity index (χ0) is 20.9. The topological polar surface area (TPSA) is 87.7 Å². The first-order valence-corrected chi connectivity index (χ1v) is 10.5. The third-order valence-electron chi connectivity index (χ3n) is 5.13. The highest BCUT2D eigenvalue weighted by Crippen LogP contribution is 2.14. The van der Waals surface area contributed by atoms with Crippen molar-refractivity contribution in [2.75, 3.05) is 39.9 Å². The second-order valence-corrected chi connectivity index (χ2v) is 7.30. The Hall–Kier alpha value is -2.41. The molecular weight excluding hydrogens is 370 g/mol. The van der Waals surface area contributed by atoms with Crippen molar-refractivity contribution in [1.29, 1.82) is 0 Å². The number of likely N-dealkylation sites (N-methyl/N-ethyl adjacent to an activating group) is 1. The van der Waals surface area contributed by atoms with Gasteiger partial charge in [-0.3, -0.25) is 14.4 Å². The molecular formula is C22H33N3O4. The first kappa shape index (κ1) is 22.9. The summed E-state index contributed by atoms with van der Waals surface area (Å²) >= 11 is 0. The van der Waals surface area contributed by atoms with Gasteiger partial charge in [-0.2, -0.15) is 0 Å². The summed E-state index contributed by atoms with van der Waals surface area (Å²) in [5, 5.41) is 4.92. The van der Waals surface area contributed by atoms with E-state index in [0.717, 1.165) is 58.0 Å². The maximum absolute atomic E-state index is 12.0. The fourth-order valence-electron chi connectivity index (χ4n) is 3.46. The largest absolute Gasteiger partial charge is 0.372 e. The average molecular weight is 404 g/mol. The minimum Gasteiger partial charge on any atom is -0.372 e. The molecule has 0 spiro atoms. The van der Waals surface area contributed by atoms with E-state index in [0.29, 0.717) is 13.2 Å². The number of hydrogen-bond acceptors (Lipinski definition) is 4. The van der Waals surface area contributed by atoms with Gasteiger partial charge in [-0.05, 0) is 56.1 Å². The molecule has 3 amide bonds. The number of likely N-dealkylation sites (tertiary alicyclic amines) is 1. The molecule has 160 valence electrons. The van der Waals surface area contributed by atoms with Gasteiger partial charge >= 0.3 is 11.8 Å². The Bertz CT molecular complexity index is 672. The van der Waals surface area contributed by atoms with Crippen molar-refractivity contribution >= 4 is 17.7 Å². The lowest BCUT2D eigenvalue weighted by Gasteiger charge is -2.15. The van der Waals surface area contributed by atoms with E-state index in [4.69, 9.17) is 4.74 Å². The highest BCUT2D eigenvalue weighted by molar-refractivity contribution is 6.34. The number of unbranched alkanes of at least 4 members (excludes halogenated alkanes) is 1. The smallest absolute Gasteiger partial charge is 0.309 e. The quantitative estimate of drug-likeness (QED) is 0.432. The summed E-state index contributed by atoms with van der Waals surface area (Å²) in [6, 6.07) is 8.35. The van der Waals surface area contributed by atoms with Crippen LogP contribution in [0.2, 0.25) is 0 Å². The van der Waals surface area contributed by atoms with Gasteiger partial charge in [-0.15, -0.1) is 0 Å². The molecule has 2 N–H and O–H groups in total. The molecule has 1 fully saturated rings. The van der Waals surface area contributed by atoms with Gasteiger partial charge in [0.25, 0.3) is 0 Å². The second-order valence-electron chi connectivity index (χ2n) is 7.30. The molecule has 29 heavy (non-hydrogen) atoms. The van der Waals surface area contributed by atoms with Gasteiger partial charge in [0.15, 0.2) is 0 Å². The van der Waals surface area contributed by atoms with Crippen molar-refractivity contribution in [2.45, 2.75) is 44.9 Å². The summed E-state index contributed by atoms with van der Waals surface area (Å²) in [5.74, 6) is -1.10. The number of aryl methyl sites for hydroxylation is 2. The highest BCUT2D eigenvalue weighted by Gasteiger charge is 2.17. The van der Waals surface area contributed by atoms with E-state index in [-0.39, 0.29) is 12.5 Å². The van der Waals surface area contributed by atoms with Crippen molar-refractivity contribution in [3.8, 4) is 0 Å². The number of rotatable bonds is 11. The van der Waals surface area contributed by atoms with E-state index in [2.05, 4.69) is 22.8 Å². The van der Waals surface area contributed by atoms with Gasteiger partial charge in [0, 0.05) is 33.3 Å². The predicted octanol–water partition coefficient (Wildman–Crippen LogP) is 1.44. The van der Waals surface area contributed by atoms with Crippen LogP contribution >= 0.6 is 0 Å². The Kier molecular flexibility index (Phi) is 10.2. The number of carbonyl (C=O) groups is 3. The summed E-state index contributed by atoms with van der Waals surface area (Å²) in [7, 11) is 1.44. The molecule has 7 nitrogen and oxygen atoms in total. The lowest BCUT2D eigenvalue weighted by molar-refractivity contribution is -0.138. The monoisotopic (exact) mass is 403 g/mol. The van der Waals surface area contributed by atoms with Gasteiger partial charge in [0.1, 0.15) is 6.61 Å². The van der Waals surface area contributed by atoms with Crippen LogP contribution in [0.5, 0.6) is 0 Å². The van der Waals surface area contributed by atoms with Gasteiger partial charge < -0.3 is 20.3 Å².